The van der Waals surface area contributed by atoms with Gasteiger partial charge in [0.15, 0.2) is 0 Å². The summed E-state index contributed by atoms with van der Waals surface area (Å²) in [7, 11) is 1.60. The van der Waals surface area contributed by atoms with E-state index in [1.807, 2.05) is 43.3 Å². The number of hydrogen-bond acceptors (Lipinski definition) is 4. The molecule has 0 bridgehead atoms. The Hall–Kier alpha value is -2.76. The molecule has 0 saturated carbocycles. The minimum atomic E-state index is -0.355. The van der Waals surface area contributed by atoms with Crippen LogP contribution in [-0.2, 0) is 0 Å². The minimum absolute atomic E-state index is 0.0827. The van der Waals surface area contributed by atoms with Gasteiger partial charge in [-0.15, -0.1) is 11.3 Å². The molecule has 136 valence electrons. The molecular weight excluding hydrogens is 382 g/mol. The van der Waals surface area contributed by atoms with E-state index in [4.69, 9.17) is 16.3 Å². The third kappa shape index (κ3) is 2.89. The molecule has 0 atom stereocenters. The highest BCUT2D eigenvalue weighted by atomic mass is 35.5. The monoisotopic (exact) mass is 397 g/mol. The second kappa shape index (κ2) is 6.76. The summed E-state index contributed by atoms with van der Waals surface area (Å²) < 4.78 is 6.00. The smallest absolute Gasteiger partial charge is 0.260 e. The molecule has 0 fully saturated rings. The van der Waals surface area contributed by atoms with E-state index in [-0.39, 0.29) is 16.9 Å². The zero-order chi connectivity index (χ0) is 19.1. The first kappa shape index (κ1) is 17.6. The Balaban J connectivity index is 2.09. The Morgan fingerprint density at radius 2 is 1.85 bits per heavy atom. The number of rotatable bonds is 3. The lowest BCUT2D eigenvalue weighted by molar-refractivity contribution is 0.416. The number of aromatic amines is 1. The molecule has 0 aliphatic heterocycles. The topological polar surface area (TPSA) is 62.3 Å². The first-order valence-electron chi connectivity index (χ1n) is 8.29. The van der Waals surface area contributed by atoms with Crippen molar-refractivity contribution in [1.82, 2.24) is 4.98 Å². The van der Waals surface area contributed by atoms with Crippen LogP contribution in [0.3, 0.4) is 0 Å². The predicted octanol–water partition coefficient (Wildman–Crippen LogP) is 5.60. The first-order valence-corrected chi connectivity index (χ1v) is 9.48. The van der Waals surface area contributed by atoms with Gasteiger partial charge < -0.3 is 14.8 Å². The lowest BCUT2D eigenvalue weighted by Crippen LogP contribution is -2.08. The number of aryl methyl sites for hydroxylation is 1. The van der Waals surface area contributed by atoms with Gasteiger partial charge in [0.05, 0.1) is 18.1 Å². The zero-order valence-corrected chi connectivity index (χ0v) is 16.2. The number of halogens is 1. The van der Waals surface area contributed by atoms with Gasteiger partial charge in [-0.05, 0) is 24.1 Å². The second-order valence-electron chi connectivity index (χ2n) is 6.20. The number of nitrogens with one attached hydrogen (secondary N) is 1. The van der Waals surface area contributed by atoms with Crippen LogP contribution in [0.15, 0.2) is 53.3 Å². The maximum Gasteiger partial charge on any atom is 0.260 e. The summed E-state index contributed by atoms with van der Waals surface area (Å²) in [6.07, 6.45) is 0. The molecule has 0 saturated heterocycles. The number of benzene rings is 2. The number of aromatic hydroxyl groups is 1. The summed E-state index contributed by atoms with van der Waals surface area (Å²) in [6.45, 7) is 1.97. The van der Waals surface area contributed by atoms with Crippen molar-refractivity contribution in [1.29, 1.82) is 0 Å². The van der Waals surface area contributed by atoms with Gasteiger partial charge in [0, 0.05) is 11.1 Å². The number of methoxy groups -OCH3 is 1. The summed E-state index contributed by atoms with van der Waals surface area (Å²) in [5.74, 6) is 0.573. The second-order valence-corrected chi connectivity index (χ2v) is 7.83. The quantitative estimate of drug-likeness (QED) is 0.473. The molecule has 4 rings (SSSR count). The van der Waals surface area contributed by atoms with Crippen LogP contribution in [0.5, 0.6) is 11.5 Å². The maximum absolute atomic E-state index is 12.6. The molecule has 6 heteroatoms. The lowest BCUT2D eigenvalue weighted by atomic mass is 9.99. The third-order valence-electron chi connectivity index (χ3n) is 4.48. The zero-order valence-electron chi connectivity index (χ0n) is 14.7. The van der Waals surface area contributed by atoms with Crippen LogP contribution in [0.2, 0.25) is 4.34 Å². The van der Waals surface area contributed by atoms with Gasteiger partial charge in [-0.25, -0.2) is 0 Å². The first-order chi connectivity index (χ1) is 13.0. The van der Waals surface area contributed by atoms with E-state index >= 15 is 0 Å². The van der Waals surface area contributed by atoms with E-state index < -0.39 is 0 Å². The molecule has 0 amide bonds. The molecule has 2 aromatic heterocycles. The molecule has 2 N–H and O–H groups in total. The van der Waals surface area contributed by atoms with Gasteiger partial charge in [0.2, 0.25) is 0 Å². The molecule has 0 radical (unpaired) electrons. The Morgan fingerprint density at radius 1 is 1.11 bits per heavy atom. The number of H-pyrrole nitrogens is 1. The van der Waals surface area contributed by atoms with Crippen LogP contribution in [0.4, 0.5) is 0 Å². The molecule has 0 aliphatic carbocycles. The van der Waals surface area contributed by atoms with Crippen molar-refractivity contribution in [3.8, 4) is 33.8 Å². The molecule has 4 nitrogen and oxygen atoms in total. The number of pyridine rings is 1. The van der Waals surface area contributed by atoms with E-state index in [1.165, 1.54) is 11.3 Å². The Kier molecular flexibility index (Phi) is 4.42. The van der Waals surface area contributed by atoms with Crippen LogP contribution in [0, 0.1) is 6.92 Å². The molecule has 2 aromatic carbocycles. The number of hydrogen-bond donors (Lipinski definition) is 2. The fourth-order valence-electron chi connectivity index (χ4n) is 3.23. The number of fused-ring (bicyclic) bond motifs is 1. The van der Waals surface area contributed by atoms with Crippen molar-refractivity contribution in [2.45, 2.75) is 6.92 Å². The lowest BCUT2D eigenvalue weighted by Gasteiger charge is -2.11. The van der Waals surface area contributed by atoms with Gasteiger partial charge >= 0.3 is 0 Å². The van der Waals surface area contributed by atoms with Crippen molar-refractivity contribution >= 4 is 33.2 Å². The van der Waals surface area contributed by atoms with Crippen molar-refractivity contribution < 1.29 is 9.84 Å². The minimum Gasteiger partial charge on any atom is -0.506 e. The van der Waals surface area contributed by atoms with Gasteiger partial charge in [-0.3, -0.25) is 4.79 Å². The summed E-state index contributed by atoms with van der Waals surface area (Å²) in [4.78, 5) is 16.0. The standard InChI is InChI=1S/C21H16ClNO3S/c1-11-8-9-13(14(10-11)26-2)16-17-18(24)15(12-6-4-3-5-7-12)20(25)23-21(17)27-19(16)22/h3-10H,1-2H3,(H2,23,24,25). The summed E-state index contributed by atoms with van der Waals surface area (Å²) in [6, 6.07) is 14.9. The van der Waals surface area contributed by atoms with Crippen LogP contribution in [0.1, 0.15) is 5.56 Å². The predicted molar refractivity (Wildman–Crippen MR) is 111 cm³/mol. The summed E-state index contributed by atoms with van der Waals surface area (Å²) in [5, 5.41) is 11.6. The average molecular weight is 398 g/mol. The van der Waals surface area contributed by atoms with Gasteiger partial charge in [-0.1, -0.05) is 54.1 Å². The maximum atomic E-state index is 12.6. The highest BCUT2D eigenvalue weighted by Crippen LogP contribution is 2.49. The van der Waals surface area contributed by atoms with Crippen molar-refractivity contribution in [3.63, 3.8) is 0 Å². The van der Waals surface area contributed by atoms with E-state index in [9.17, 15) is 9.90 Å². The summed E-state index contributed by atoms with van der Waals surface area (Å²) >= 11 is 7.75. The molecule has 4 aromatic rings. The Labute approximate surface area is 164 Å². The molecular formula is C21H16ClNO3S. The number of aromatic nitrogens is 1. The van der Waals surface area contributed by atoms with Crippen LogP contribution >= 0.6 is 22.9 Å². The van der Waals surface area contributed by atoms with Crippen molar-refractivity contribution in [2.75, 3.05) is 7.11 Å². The molecule has 0 unspecified atom stereocenters. The fourth-order valence-corrected chi connectivity index (χ4v) is 4.60. The van der Waals surface area contributed by atoms with E-state index in [1.54, 1.807) is 19.2 Å². The van der Waals surface area contributed by atoms with Gasteiger partial charge in [0.1, 0.15) is 20.7 Å². The highest BCUT2D eigenvalue weighted by Gasteiger charge is 2.23. The Morgan fingerprint density at radius 3 is 2.56 bits per heavy atom. The molecule has 2 heterocycles. The van der Waals surface area contributed by atoms with Crippen LogP contribution in [0.25, 0.3) is 32.5 Å². The molecule has 0 spiro atoms. The van der Waals surface area contributed by atoms with Crippen LogP contribution < -0.4 is 10.3 Å². The average Bonchev–Trinajstić information content (AvgIpc) is 2.98. The van der Waals surface area contributed by atoms with Crippen molar-refractivity contribution in [3.05, 3.63) is 68.8 Å². The molecule has 27 heavy (non-hydrogen) atoms. The largest absolute Gasteiger partial charge is 0.506 e. The normalized spacial score (nSPS) is 11.1. The van der Waals surface area contributed by atoms with Gasteiger partial charge in [-0.2, -0.15) is 0 Å². The number of thiophene rings is 1. The third-order valence-corrected chi connectivity index (χ3v) is 5.80. The van der Waals surface area contributed by atoms with Crippen LogP contribution in [-0.4, -0.2) is 17.2 Å². The Bertz CT molecular complexity index is 1210. The van der Waals surface area contributed by atoms with E-state index in [0.717, 1.165) is 11.1 Å². The number of ether oxygens (including phenoxy) is 1. The van der Waals surface area contributed by atoms with Gasteiger partial charge in [0.25, 0.3) is 5.56 Å². The molecule has 0 aliphatic rings. The SMILES string of the molecule is COc1cc(C)ccc1-c1c(Cl)sc2[nH]c(=O)c(-c3ccccc3)c(O)c12. The van der Waals surface area contributed by atoms with Crippen molar-refractivity contribution in [2.24, 2.45) is 0 Å². The fraction of sp³-hybridized carbons (Fsp3) is 0.0952. The highest BCUT2D eigenvalue weighted by molar-refractivity contribution is 7.23. The van der Waals surface area contributed by atoms with E-state index in [2.05, 4.69) is 4.98 Å². The van der Waals surface area contributed by atoms with E-state index in [0.29, 0.717) is 31.4 Å². The summed E-state index contributed by atoms with van der Waals surface area (Å²) in [5.41, 5.74) is 2.98.